The van der Waals surface area contributed by atoms with Gasteiger partial charge in [-0.25, -0.2) is 0 Å². The van der Waals surface area contributed by atoms with Crippen LogP contribution >= 0.6 is 0 Å². The number of nitrogens with zero attached hydrogens (tertiary/aromatic N) is 1. The van der Waals surface area contributed by atoms with Gasteiger partial charge in [0, 0.05) is 25.6 Å². The smallest absolute Gasteiger partial charge is 0.416 e. The molecule has 0 amide bonds. The minimum absolute atomic E-state index is 0.0123. The molecule has 1 aliphatic rings. The zero-order chi connectivity index (χ0) is 25.3. The summed E-state index contributed by atoms with van der Waals surface area (Å²) in [4.78, 5) is 12.7. The van der Waals surface area contributed by atoms with Gasteiger partial charge in [0.25, 0.3) is 0 Å². The third kappa shape index (κ3) is 6.43. The minimum Gasteiger partial charge on any atom is -0.490 e. The Labute approximate surface area is 193 Å². The van der Waals surface area contributed by atoms with Gasteiger partial charge in [0.1, 0.15) is 11.9 Å². The van der Waals surface area contributed by atoms with Crippen molar-refractivity contribution in [1.82, 2.24) is 4.90 Å². The maximum absolute atomic E-state index is 13.3. The van der Waals surface area contributed by atoms with Crippen LogP contribution in [0.2, 0.25) is 0 Å². The normalized spacial score (nSPS) is 17.2. The van der Waals surface area contributed by atoms with Crippen molar-refractivity contribution >= 4 is 5.97 Å². The van der Waals surface area contributed by atoms with E-state index in [0.29, 0.717) is 43.5 Å². The molecule has 1 aliphatic heterocycles. The Morgan fingerprint density at radius 3 is 2.32 bits per heavy atom. The maximum Gasteiger partial charge on any atom is 0.416 e. The van der Waals surface area contributed by atoms with Crippen molar-refractivity contribution in [3.63, 3.8) is 0 Å². The lowest BCUT2D eigenvalue weighted by atomic mass is 9.92. The molecular formula is C24H25F6NO3. The predicted octanol–water partition coefficient (Wildman–Crippen LogP) is 5.89. The summed E-state index contributed by atoms with van der Waals surface area (Å²) in [5.74, 6) is -0.908. The van der Waals surface area contributed by atoms with Crippen molar-refractivity contribution in [3.8, 4) is 5.75 Å². The molecule has 0 spiro atoms. The molecule has 1 saturated heterocycles. The number of rotatable bonds is 8. The van der Waals surface area contributed by atoms with Crippen LogP contribution < -0.4 is 4.74 Å². The summed E-state index contributed by atoms with van der Waals surface area (Å²) < 4.78 is 84.8. The van der Waals surface area contributed by atoms with Gasteiger partial charge in [0.05, 0.1) is 17.0 Å². The van der Waals surface area contributed by atoms with E-state index in [-0.39, 0.29) is 18.6 Å². The van der Waals surface area contributed by atoms with Crippen molar-refractivity contribution in [3.05, 3.63) is 64.7 Å². The van der Waals surface area contributed by atoms with E-state index in [9.17, 15) is 31.1 Å². The Morgan fingerprint density at radius 2 is 1.74 bits per heavy atom. The van der Waals surface area contributed by atoms with Crippen molar-refractivity contribution in [2.75, 3.05) is 13.1 Å². The number of carboxylic acids is 1. The van der Waals surface area contributed by atoms with Crippen LogP contribution in [-0.4, -0.2) is 35.2 Å². The quantitative estimate of drug-likeness (QED) is 0.470. The van der Waals surface area contributed by atoms with Gasteiger partial charge in [-0.3, -0.25) is 9.69 Å². The van der Waals surface area contributed by atoms with Crippen LogP contribution in [0, 0.1) is 11.8 Å². The summed E-state index contributed by atoms with van der Waals surface area (Å²) in [5.41, 5.74) is -1.78. The predicted molar refractivity (Wildman–Crippen MR) is 112 cm³/mol. The maximum atomic E-state index is 13.3. The van der Waals surface area contributed by atoms with Crippen LogP contribution in [0.5, 0.6) is 5.75 Å². The van der Waals surface area contributed by atoms with Gasteiger partial charge in [-0.2, -0.15) is 26.3 Å². The van der Waals surface area contributed by atoms with Crippen LogP contribution in [0.15, 0.2) is 42.5 Å². The molecule has 1 fully saturated rings. The van der Waals surface area contributed by atoms with Crippen LogP contribution in [0.25, 0.3) is 0 Å². The fraction of sp³-hybridized carbons (Fsp3) is 0.458. The number of carbonyl (C=O) groups is 1. The van der Waals surface area contributed by atoms with E-state index >= 15 is 0 Å². The van der Waals surface area contributed by atoms with Gasteiger partial charge < -0.3 is 9.84 Å². The van der Waals surface area contributed by atoms with Crippen molar-refractivity contribution in [2.45, 2.75) is 45.3 Å². The first-order valence-corrected chi connectivity index (χ1v) is 10.7. The molecule has 186 valence electrons. The van der Waals surface area contributed by atoms with E-state index in [2.05, 4.69) is 0 Å². The third-order valence-corrected chi connectivity index (χ3v) is 5.97. The number of carboxylic acid groups (broad SMARTS) is 1. The van der Waals surface area contributed by atoms with Crippen molar-refractivity contribution in [1.29, 1.82) is 0 Å². The zero-order valence-corrected chi connectivity index (χ0v) is 18.6. The molecule has 0 aliphatic carbocycles. The first kappa shape index (κ1) is 25.9. The fourth-order valence-electron chi connectivity index (χ4n) is 3.95. The average molecular weight is 489 g/mol. The molecule has 10 heteroatoms. The summed E-state index contributed by atoms with van der Waals surface area (Å²) in [6, 6.07) is 8.55. The standard InChI is InChI=1S/C24H25F6NO3/c1-14(22(32)33)8-16-4-3-5-20(9-16)34-15(2)18-12-31(13-18)11-17-10-19(23(25,26)27)6-7-21(17)24(28,29)30/h3-7,9-10,14-15,18H,8,11-13H2,1-2H3,(H,32,33). The summed E-state index contributed by atoms with van der Waals surface area (Å²) in [7, 11) is 0. The first-order chi connectivity index (χ1) is 15.7. The number of aliphatic carboxylic acids is 1. The summed E-state index contributed by atoms with van der Waals surface area (Å²) in [6.07, 6.45) is -9.41. The number of halogens is 6. The highest BCUT2D eigenvalue weighted by Crippen LogP contribution is 2.38. The van der Waals surface area contributed by atoms with Crippen LogP contribution in [0.3, 0.4) is 0 Å². The lowest BCUT2D eigenvalue weighted by molar-refractivity contribution is -0.142. The van der Waals surface area contributed by atoms with Crippen LogP contribution in [-0.2, 0) is 30.1 Å². The fourth-order valence-corrected chi connectivity index (χ4v) is 3.95. The van der Waals surface area contributed by atoms with Crippen molar-refractivity contribution < 1.29 is 41.0 Å². The lowest BCUT2D eigenvalue weighted by Gasteiger charge is -2.42. The average Bonchev–Trinajstić information content (AvgIpc) is 2.68. The molecule has 0 aromatic heterocycles. The third-order valence-electron chi connectivity index (χ3n) is 5.97. The summed E-state index contributed by atoms with van der Waals surface area (Å²) in [6.45, 7) is 3.94. The zero-order valence-electron chi connectivity index (χ0n) is 18.6. The van der Waals surface area contributed by atoms with Gasteiger partial charge >= 0.3 is 18.3 Å². The summed E-state index contributed by atoms with van der Waals surface area (Å²) >= 11 is 0. The number of benzene rings is 2. The second kappa shape index (κ2) is 9.85. The highest BCUT2D eigenvalue weighted by molar-refractivity contribution is 5.69. The SMILES string of the molecule is CC(Cc1cccc(OC(C)C2CN(Cc3cc(C(F)(F)F)ccc3C(F)(F)F)C2)c1)C(=O)O. The van der Waals surface area contributed by atoms with E-state index in [1.165, 1.54) is 0 Å². The van der Waals surface area contributed by atoms with E-state index < -0.39 is 40.9 Å². The number of hydrogen-bond donors (Lipinski definition) is 1. The van der Waals surface area contributed by atoms with Gasteiger partial charge in [0.2, 0.25) is 0 Å². The van der Waals surface area contributed by atoms with E-state index in [4.69, 9.17) is 9.84 Å². The topological polar surface area (TPSA) is 49.8 Å². The molecule has 1 heterocycles. The van der Waals surface area contributed by atoms with Gasteiger partial charge in [-0.05, 0) is 54.8 Å². The van der Waals surface area contributed by atoms with Crippen LogP contribution in [0.4, 0.5) is 26.3 Å². The molecule has 0 radical (unpaired) electrons. The van der Waals surface area contributed by atoms with Crippen molar-refractivity contribution in [2.24, 2.45) is 11.8 Å². The highest BCUT2D eigenvalue weighted by Gasteiger charge is 2.39. The van der Waals surface area contributed by atoms with E-state index in [0.717, 1.165) is 5.56 Å². The Balaban J connectivity index is 1.61. The Hall–Kier alpha value is -2.75. The molecule has 4 nitrogen and oxygen atoms in total. The highest BCUT2D eigenvalue weighted by atomic mass is 19.4. The van der Waals surface area contributed by atoms with Gasteiger partial charge in [-0.1, -0.05) is 19.1 Å². The largest absolute Gasteiger partial charge is 0.490 e. The number of alkyl halides is 6. The molecule has 1 N–H and O–H groups in total. The lowest BCUT2D eigenvalue weighted by Crippen LogP contribution is -2.52. The Kier molecular flexibility index (Phi) is 7.50. The van der Waals surface area contributed by atoms with Crippen LogP contribution in [0.1, 0.15) is 36.1 Å². The molecule has 0 saturated carbocycles. The molecule has 3 rings (SSSR count). The molecule has 34 heavy (non-hydrogen) atoms. The molecule has 2 atom stereocenters. The molecule has 2 unspecified atom stereocenters. The Bertz CT molecular complexity index is 1010. The molecular weight excluding hydrogens is 464 g/mol. The minimum atomic E-state index is -4.75. The molecule has 2 aromatic rings. The van der Waals surface area contributed by atoms with Gasteiger partial charge in [0.15, 0.2) is 0 Å². The first-order valence-electron chi connectivity index (χ1n) is 10.7. The second-order valence-electron chi connectivity index (χ2n) is 8.74. The van der Waals surface area contributed by atoms with Gasteiger partial charge in [-0.15, -0.1) is 0 Å². The molecule has 0 bridgehead atoms. The van der Waals surface area contributed by atoms with E-state index in [1.807, 2.05) is 6.92 Å². The number of likely N-dealkylation sites (tertiary alicyclic amines) is 1. The molecule has 2 aromatic carbocycles. The summed E-state index contributed by atoms with van der Waals surface area (Å²) in [5, 5.41) is 9.06. The monoisotopic (exact) mass is 489 g/mol. The second-order valence-corrected chi connectivity index (χ2v) is 8.74. The number of ether oxygens (including phenoxy) is 1. The number of hydrogen-bond acceptors (Lipinski definition) is 3. The van der Waals surface area contributed by atoms with E-state index in [1.54, 1.807) is 36.1 Å². The Morgan fingerprint density at radius 1 is 1.06 bits per heavy atom.